The van der Waals surface area contributed by atoms with Crippen molar-refractivity contribution in [1.29, 1.82) is 0 Å². The molecule has 9 heteroatoms. The Kier molecular flexibility index (Phi) is 6.23. The first-order chi connectivity index (χ1) is 15.9. The van der Waals surface area contributed by atoms with Crippen LogP contribution in [0.4, 0.5) is 0 Å². The first-order valence-electron chi connectivity index (χ1n) is 9.89. The van der Waals surface area contributed by atoms with E-state index in [4.69, 9.17) is 14.2 Å². The Labute approximate surface area is 192 Å². The maximum absolute atomic E-state index is 13.2. The van der Waals surface area contributed by atoms with Crippen LogP contribution in [0.15, 0.2) is 59.6 Å². The molecule has 1 aromatic heterocycles. The molecule has 4 aromatic rings. The molecule has 0 saturated carbocycles. The Morgan fingerprint density at radius 2 is 1.67 bits per heavy atom. The van der Waals surface area contributed by atoms with Crippen molar-refractivity contribution in [3.63, 3.8) is 0 Å². The summed E-state index contributed by atoms with van der Waals surface area (Å²) in [6.45, 7) is -0.144. The third kappa shape index (κ3) is 4.35. The number of amides is 1. The smallest absolute Gasteiger partial charge is 0.337 e. The minimum absolute atomic E-state index is 0.144. The molecular weight excluding hydrogens is 444 g/mol. The summed E-state index contributed by atoms with van der Waals surface area (Å²) in [6, 6.07) is 16.0. The monoisotopic (exact) mass is 464 g/mol. The maximum Gasteiger partial charge on any atom is 0.337 e. The summed E-state index contributed by atoms with van der Waals surface area (Å²) in [7, 11) is 4.08. The van der Waals surface area contributed by atoms with Gasteiger partial charge in [-0.25, -0.2) is 4.79 Å². The zero-order valence-corrected chi connectivity index (χ0v) is 19.0. The normalized spacial score (nSPS) is 11.5. The highest BCUT2D eigenvalue weighted by molar-refractivity contribution is 7.16. The topological polar surface area (TPSA) is 96.2 Å². The van der Waals surface area contributed by atoms with Crippen LogP contribution in [-0.4, -0.2) is 43.7 Å². The van der Waals surface area contributed by atoms with Gasteiger partial charge in [0.1, 0.15) is 12.3 Å². The fourth-order valence-electron chi connectivity index (χ4n) is 3.45. The number of rotatable bonds is 5. The number of carbonyl (C=O) groups is 3. The number of fused-ring (bicyclic) bond motifs is 2. The maximum atomic E-state index is 13.2. The molecule has 4 rings (SSSR count). The zero-order valence-electron chi connectivity index (χ0n) is 18.2. The highest BCUT2D eigenvalue weighted by Gasteiger charge is 2.17. The van der Waals surface area contributed by atoms with Crippen molar-refractivity contribution >= 4 is 50.2 Å². The van der Waals surface area contributed by atoms with Crippen molar-refractivity contribution < 1.29 is 28.6 Å². The van der Waals surface area contributed by atoms with Crippen molar-refractivity contribution in [1.82, 2.24) is 4.57 Å². The number of aromatic nitrogens is 1. The average molecular weight is 464 g/mol. The van der Waals surface area contributed by atoms with Gasteiger partial charge in [-0.2, -0.15) is 4.99 Å². The van der Waals surface area contributed by atoms with Crippen LogP contribution in [0.25, 0.3) is 21.0 Å². The lowest BCUT2D eigenvalue weighted by atomic mass is 10.1. The van der Waals surface area contributed by atoms with Gasteiger partial charge in [0.05, 0.1) is 42.7 Å². The van der Waals surface area contributed by atoms with Crippen LogP contribution in [0, 0.1) is 0 Å². The molecule has 3 aromatic carbocycles. The van der Waals surface area contributed by atoms with E-state index in [0.717, 1.165) is 10.8 Å². The Bertz CT molecular complexity index is 1470. The minimum atomic E-state index is -0.518. The number of nitrogens with zero attached hydrogens (tertiary/aromatic N) is 2. The Hall–Kier alpha value is -3.98. The summed E-state index contributed by atoms with van der Waals surface area (Å²) in [6.07, 6.45) is 0. The second-order valence-electron chi connectivity index (χ2n) is 7.04. The second-order valence-corrected chi connectivity index (χ2v) is 8.05. The van der Waals surface area contributed by atoms with Crippen LogP contribution in [0.3, 0.4) is 0 Å². The summed E-state index contributed by atoms with van der Waals surface area (Å²) >= 11 is 1.18. The van der Waals surface area contributed by atoms with E-state index in [2.05, 4.69) is 4.99 Å². The molecule has 0 unspecified atom stereocenters. The summed E-state index contributed by atoms with van der Waals surface area (Å²) < 4.78 is 17.3. The van der Waals surface area contributed by atoms with Gasteiger partial charge >= 0.3 is 11.9 Å². The molecule has 0 aliphatic carbocycles. The largest absolute Gasteiger partial charge is 0.496 e. The Morgan fingerprint density at radius 3 is 2.33 bits per heavy atom. The van der Waals surface area contributed by atoms with Crippen LogP contribution in [0.1, 0.15) is 20.7 Å². The molecule has 33 heavy (non-hydrogen) atoms. The molecule has 0 fully saturated rings. The van der Waals surface area contributed by atoms with E-state index < -0.39 is 17.8 Å². The predicted octanol–water partition coefficient (Wildman–Crippen LogP) is 3.57. The van der Waals surface area contributed by atoms with Crippen molar-refractivity contribution in [2.24, 2.45) is 4.99 Å². The molecule has 0 N–H and O–H groups in total. The van der Waals surface area contributed by atoms with E-state index in [9.17, 15) is 14.4 Å². The summed E-state index contributed by atoms with van der Waals surface area (Å²) in [4.78, 5) is 41.8. The fraction of sp³-hybridized carbons (Fsp3) is 0.167. The highest BCUT2D eigenvalue weighted by Crippen LogP contribution is 2.27. The minimum Gasteiger partial charge on any atom is -0.496 e. The van der Waals surface area contributed by atoms with Crippen molar-refractivity contribution in [3.8, 4) is 5.75 Å². The molecule has 0 aliphatic rings. The number of benzene rings is 3. The Balaban J connectivity index is 1.88. The summed E-state index contributed by atoms with van der Waals surface area (Å²) in [5.41, 5.74) is 1.29. The quantitative estimate of drug-likeness (QED) is 0.419. The molecule has 0 bridgehead atoms. The molecule has 1 amide bonds. The van der Waals surface area contributed by atoms with Crippen LogP contribution in [0.5, 0.6) is 5.75 Å². The van der Waals surface area contributed by atoms with E-state index in [1.165, 1.54) is 32.7 Å². The number of hydrogen-bond donors (Lipinski definition) is 0. The van der Waals surface area contributed by atoms with Gasteiger partial charge in [-0.05, 0) is 41.1 Å². The molecule has 0 spiro atoms. The van der Waals surface area contributed by atoms with Gasteiger partial charge in [0.2, 0.25) is 0 Å². The Morgan fingerprint density at radius 1 is 0.939 bits per heavy atom. The van der Waals surface area contributed by atoms with Gasteiger partial charge in [0.25, 0.3) is 5.91 Å². The lowest BCUT2D eigenvalue weighted by Gasteiger charge is -2.08. The number of ether oxygens (including phenoxy) is 3. The van der Waals surface area contributed by atoms with Gasteiger partial charge in [-0.1, -0.05) is 35.6 Å². The molecule has 0 saturated heterocycles. The third-order valence-corrected chi connectivity index (χ3v) is 6.16. The van der Waals surface area contributed by atoms with Gasteiger partial charge in [0.15, 0.2) is 4.80 Å². The number of carbonyl (C=O) groups excluding carboxylic acids is 3. The van der Waals surface area contributed by atoms with E-state index in [1.807, 2.05) is 24.3 Å². The standard InChI is InChI=1S/C24H20N2O6S/c1-30-19-11-15-7-5-4-6-14(15)10-17(19)22(28)25-24-26(13-21(27)31-2)18-9-8-16(23(29)32-3)12-20(18)33-24/h4-12H,13H2,1-3H3. The average Bonchev–Trinajstić information content (AvgIpc) is 3.18. The lowest BCUT2D eigenvalue weighted by molar-refractivity contribution is -0.141. The zero-order chi connectivity index (χ0) is 23.5. The molecule has 0 radical (unpaired) electrons. The first kappa shape index (κ1) is 22.2. The SMILES string of the molecule is COC(=O)Cn1c(=NC(=O)c2cc3ccccc3cc2OC)sc2cc(C(=O)OC)ccc21. The van der Waals surface area contributed by atoms with Gasteiger partial charge < -0.3 is 18.8 Å². The summed E-state index contributed by atoms with van der Waals surface area (Å²) in [5, 5.41) is 1.81. The van der Waals surface area contributed by atoms with E-state index in [1.54, 1.807) is 34.9 Å². The number of hydrogen-bond acceptors (Lipinski definition) is 7. The number of thiazole rings is 1. The van der Waals surface area contributed by atoms with Crippen molar-refractivity contribution in [2.75, 3.05) is 21.3 Å². The highest BCUT2D eigenvalue weighted by atomic mass is 32.1. The molecule has 0 aliphatic heterocycles. The molecule has 0 atom stereocenters. The second kappa shape index (κ2) is 9.25. The molecule has 8 nitrogen and oxygen atoms in total. The number of methoxy groups -OCH3 is 3. The summed E-state index contributed by atoms with van der Waals surface area (Å²) in [5.74, 6) is -1.10. The van der Waals surface area contributed by atoms with Crippen LogP contribution in [-0.2, 0) is 20.8 Å². The van der Waals surface area contributed by atoms with Gasteiger partial charge in [0, 0.05) is 0 Å². The lowest BCUT2D eigenvalue weighted by Crippen LogP contribution is -2.22. The van der Waals surface area contributed by atoms with E-state index >= 15 is 0 Å². The van der Waals surface area contributed by atoms with E-state index in [0.29, 0.717) is 27.1 Å². The van der Waals surface area contributed by atoms with Crippen molar-refractivity contribution in [2.45, 2.75) is 6.54 Å². The molecule has 168 valence electrons. The fourth-order valence-corrected chi connectivity index (χ4v) is 4.52. The van der Waals surface area contributed by atoms with E-state index in [-0.39, 0.29) is 11.3 Å². The van der Waals surface area contributed by atoms with Crippen LogP contribution < -0.4 is 9.54 Å². The molecular formula is C24H20N2O6S. The first-order valence-corrected chi connectivity index (χ1v) is 10.7. The van der Waals surface area contributed by atoms with Crippen LogP contribution in [0.2, 0.25) is 0 Å². The van der Waals surface area contributed by atoms with Gasteiger partial charge in [-0.15, -0.1) is 0 Å². The van der Waals surface area contributed by atoms with Crippen LogP contribution >= 0.6 is 11.3 Å². The third-order valence-electron chi connectivity index (χ3n) is 5.11. The van der Waals surface area contributed by atoms with Gasteiger partial charge in [-0.3, -0.25) is 9.59 Å². The van der Waals surface area contributed by atoms with Crippen molar-refractivity contribution in [3.05, 3.63) is 70.5 Å². The number of esters is 2. The predicted molar refractivity (Wildman–Crippen MR) is 124 cm³/mol. The molecule has 1 heterocycles.